The van der Waals surface area contributed by atoms with Gasteiger partial charge >= 0.3 is 5.97 Å². The molecule has 1 aliphatic rings. The van der Waals surface area contributed by atoms with Gasteiger partial charge in [-0.3, -0.25) is 4.90 Å². The fraction of sp³-hybridized carbons (Fsp3) is 0.273. The van der Waals surface area contributed by atoms with E-state index >= 15 is 0 Å². The summed E-state index contributed by atoms with van der Waals surface area (Å²) in [6.07, 6.45) is 3.12. The third-order valence-electron chi connectivity index (χ3n) is 4.72. The van der Waals surface area contributed by atoms with Crippen molar-refractivity contribution in [3.05, 3.63) is 64.1 Å². The van der Waals surface area contributed by atoms with Crippen LogP contribution in [-0.4, -0.2) is 42.2 Å². The lowest BCUT2D eigenvalue weighted by Crippen LogP contribution is -2.35. The second kappa shape index (κ2) is 8.65. The van der Waals surface area contributed by atoms with Crippen molar-refractivity contribution in [3.8, 4) is 5.75 Å². The van der Waals surface area contributed by atoms with Gasteiger partial charge in [0, 0.05) is 36.7 Å². The Morgan fingerprint density at radius 2 is 2.07 bits per heavy atom. The van der Waals surface area contributed by atoms with Crippen molar-refractivity contribution in [1.82, 2.24) is 9.88 Å². The highest BCUT2D eigenvalue weighted by atomic mass is 32.1. The molecule has 3 aromatic rings. The van der Waals surface area contributed by atoms with Gasteiger partial charge < -0.3 is 9.47 Å². The molecule has 6 heteroatoms. The molecule has 0 spiro atoms. The molecule has 0 aliphatic carbocycles. The van der Waals surface area contributed by atoms with Gasteiger partial charge in [0.25, 0.3) is 0 Å². The van der Waals surface area contributed by atoms with Crippen molar-refractivity contribution in [2.45, 2.75) is 13.5 Å². The SMILES string of the molecule is Cc1nc(/C=C/C(=O)Oc2ccc3ccccc3c2CN2CCOCC2)cs1. The monoisotopic (exact) mass is 394 g/mol. The van der Waals surface area contributed by atoms with E-state index in [1.165, 1.54) is 6.08 Å². The van der Waals surface area contributed by atoms with Gasteiger partial charge in [0.2, 0.25) is 0 Å². The summed E-state index contributed by atoms with van der Waals surface area (Å²) in [7, 11) is 0. The van der Waals surface area contributed by atoms with E-state index in [-0.39, 0.29) is 0 Å². The Morgan fingerprint density at radius 1 is 1.25 bits per heavy atom. The Kier molecular flexibility index (Phi) is 5.81. The van der Waals surface area contributed by atoms with Gasteiger partial charge in [-0.1, -0.05) is 30.3 Å². The molecule has 1 fully saturated rings. The zero-order chi connectivity index (χ0) is 19.3. The summed E-state index contributed by atoms with van der Waals surface area (Å²) >= 11 is 1.55. The summed E-state index contributed by atoms with van der Waals surface area (Å²) in [5.74, 6) is 0.207. The van der Waals surface area contributed by atoms with E-state index in [1.54, 1.807) is 17.4 Å². The second-order valence-corrected chi connectivity index (χ2v) is 7.76. The summed E-state index contributed by atoms with van der Waals surface area (Å²) in [4.78, 5) is 19.1. The van der Waals surface area contributed by atoms with Crippen LogP contribution in [0.15, 0.2) is 47.9 Å². The minimum atomic E-state index is -0.399. The zero-order valence-corrected chi connectivity index (χ0v) is 16.6. The van der Waals surface area contributed by atoms with Crippen molar-refractivity contribution in [2.24, 2.45) is 0 Å². The topological polar surface area (TPSA) is 51.7 Å². The Labute approximate surface area is 168 Å². The van der Waals surface area contributed by atoms with Crippen LogP contribution >= 0.6 is 11.3 Å². The van der Waals surface area contributed by atoms with Crippen LogP contribution in [0.1, 0.15) is 16.3 Å². The molecule has 1 aromatic heterocycles. The normalized spacial score (nSPS) is 15.3. The Morgan fingerprint density at radius 3 is 2.86 bits per heavy atom. The van der Waals surface area contributed by atoms with Crippen LogP contribution in [0.2, 0.25) is 0 Å². The minimum Gasteiger partial charge on any atom is -0.423 e. The molecule has 2 heterocycles. The molecular weight excluding hydrogens is 372 g/mol. The molecular formula is C22H22N2O3S. The molecule has 0 saturated carbocycles. The van der Waals surface area contributed by atoms with Gasteiger partial charge in [0.1, 0.15) is 5.75 Å². The number of morpholine rings is 1. The van der Waals surface area contributed by atoms with E-state index in [9.17, 15) is 4.79 Å². The summed E-state index contributed by atoms with van der Waals surface area (Å²) in [6.45, 7) is 5.88. The number of rotatable bonds is 5. The van der Waals surface area contributed by atoms with E-state index in [4.69, 9.17) is 9.47 Å². The van der Waals surface area contributed by atoms with E-state index in [0.29, 0.717) is 5.75 Å². The first-order chi connectivity index (χ1) is 13.7. The van der Waals surface area contributed by atoms with E-state index in [2.05, 4.69) is 22.0 Å². The van der Waals surface area contributed by atoms with Gasteiger partial charge in [0.15, 0.2) is 0 Å². The minimum absolute atomic E-state index is 0.399. The fourth-order valence-corrected chi connectivity index (χ4v) is 3.89. The van der Waals surface area contributed by atoms with Crippen LogP contribution in [0.4, 0.5) is 0 Å². The number of ether oxygens (including phenoxy) is 2. The van der Waals surface area contributed by atoms with Gasteiger partial charge in [0.05, 0.1) is 23.9 Å². The summed E-state index contributed by atoms with van der Waals surface area (Å²) in [5, 5.41) is 5.13. The van der Waals surface area contributed by atoms with Crippen LogP contribution in [0.5, 0.6) is 5.75 Å². The molecule has 0 unspecified atom stereocenters. The molecule has 1 aliphatic heterocycles. The molecule has 0 amide bonds. The highest BCUT2D eigenvalue weighted by molar-refractivity contribution is 7.09. The van der Waals surface area contributed by atoms with Crippen molar-refractivity contribution >= 4 is 34.2 Å². The highest BCUT2D eigenvalue weighted by Crippen LogP contribution is 2.30. The number of hydrogen-bond donors (Lipinski definition) is 0. The molecule has 28 heavy (non-hydrogen) atoms. The third-order valence-corrected chi connectivity index (χ3v) is 5.51. The number of carbonyl (C=O) groups excluding carboxylic acids is 1. The average molecular weight is 394 g/mol. The summed E-state index contributed by atoms with van der Waals surface area (Å²) < 4.78 is 11.2. The first kappa shape index (κ1) is 18.8. The number of esters is 1. The van der Waals surface area contributed by atoms with Crippen molar-refractivity contribution < 1.29 is 14.3 Å². The molecule has 0 bridgehead atoms. The predicted molar refractivity (Wildman–Crippen MR) is 112 cm³/mol. The van der Waals surface area contributed by atoms with Crippen molar-refractivity contribution in [1.29, 1.82) is 0 Å². The van der Waals surface area contributed by atoms with Crippen molar-refractivity contribution in [2.75, 3.05) is 26.3 Å². The van der Waals surface area contributed by atoms with Gasteiger partial charge in [-0.25, -0.2) is 9.78 Å². The summed E-state index contributed by atoms with van der Waals surface area (Å²) in [6, 6.07) is 12.1. The molecule has 5 nitrogen and oxygen atoms in total. The maximum Gasteiger partial charge on any atom is 0.336 e. The average Bonchev–Trinajstić information content (AvgIpc) is 3.14. The van der Waals surface area contributed by atoms with E-state index in [0.717, 1.165) is 59.9 Å². The zero-order valence-electron chi connectivity index (χ0n) is 15.8. The number of aryl methyl sites for hydroxylation is 1. The Balaban J connectivity index is 1.59. The number of nitrogens with zero attached hydrogens (tertiary/aromatic N) is 2. The largest absolute Gasteiger partial charge is 0.423 e. The van der Waals surface area contributed by atoms with Crippen molar-refractivity contribution in [3.63, 3.8) is 0 Å². The number of thiazole rings is 1. The number of carbonyl (C=O) groups is 1. The summed E-state index contributed by atoms with van der Waals surface area (Å²) in [5.41, 5.74) is 1.80. The van der Waals surface area contributed by atoms with Crippen LogP contribution in [0, 0.1) is 6.92 Å². The van der Waals surface area contributed by atoms with Gasteiger partial charge in [-0.2, -0.15) is 0 Å². The predicted octanol–water partition coefficient (Wildman–Crippen LogP) is 4.06. The lowest BCUT2D eigenvalue weighted by atomic mass is 10.0. The fourth-order valence-electron chi connectivity index (χ4n) is 3.31. The first-order valence-electron chi connectivity index (χ1n) is 9.32. The number of aromatic nitrogens is 1. The van der Waals surface area contributed by atoms with Crippen LogP contribution in [0.3, 0.4) is 0 Å². The molecule has 4 rings (SSSR count). The second-order valence-electron chi connectivity index (χ2n) is 6.70. The number of fused-ring (bicyclic) bond motifs is 1. The van der Waals surface area contributed by atoms with Gasteiger partial charge in [-0.15, -0.1) is 11.3 Å². The van der Waals surface area contributed by atoms with Crippen LogP contribution in [0.25, 0.3) is 16.8 Å². The lowest BCUT2D eigenvalue weighted by Gasteiger charge is -2.27. The highest BCUT2D eigenvalue weighted by Gasteiger charge is 2.17. The van der Waals surface area contributed by atoms with Gasteiger partial charge in [-0.05, 0) is 29.8 Å². The molecule has 0 radical (unpaired) electrons. The maximum absolute atomic E-state index is 12.4. The maximum atomic E-state index is 12.4. The van der Waals surface area contributed by atoms with E-state index < -0.39 is 5.97 Å². The first-order valence-corrected chi connectivity index (χ1v) is 10.2. The molecule has 0 atom stereocenters. The smallest absolute Gasteiger partial charge is 0.336 e. The molecule has 0 N–H and O–H groups in total. The number of hydrogen-bond acceptors (Lipinski definition) is 6. The van der Waals surface area contributed by atoms with E-state index in [1.807, 2.05) is 36.6 Å². The quantitative estimate of drug-likeness (QED) is 0.371. The standard InChI is InChI=1S/C22H22N2O3S/c1-16-23-18(15-28-16)7-9-22(25)27-21-8-6-17-4-2-3-5-19(17)20(21)14-24-10-12-26-13-11-24/h2-9,15H,10-14H2,1H3/b9-7+. The Bertz CT molecular complexity index is 1010. The molecule has 2 aromatic carbocycles. The molecule has 144 valence electrons. The molecule has 1 saturated heterocycles. The van der Waals surface area contributed by atoms with Crippen LogP contribution < -0.4 is 4.74 Å². The number of benzene rings is 2. The third kappa shape index (κ3) is 4.47. The van der Waals surface area contributed by atoms with Crippen LogP contribution in [-0.2, 0) is 16.1 Å². The Hall–Kier alpha value is -2.54. The lowest BCUT2D eigenvalue weighted by molar-refractivity contribution is -0.129.